The number of likely N-dealkylation sites (N-methyl/N-ethyl adjacent to an activating group) is 1. The number of aryl methyl sites for hydroxylation is 1. The van der Waals surface area contributed by atoms with E-state index in [4.69, 9.17) is 4.98 Å². The number of amides is 1. The molecule has 1 amide bonds. The average molecular weight is 356 g/mol. The SMILES string of the molecule is CN1CCN(C(=O)CSc2c3c(nc4ccccc24)CCCC3)CC1. The quantitative estimate of drug-likeness (QED) is 0.793. The Morgan fingerprint density at radius 1 is 1.12 bits per heavy atom. The molecule has 4 nitrogen and oxygen atoms in total. The molecular weight excluding hydrogens is 330 g/mol. The van der Waals surface area contributed by atoms with Gasteiger partial charge in [-0.1, -0.05) is 18.2 Å². The Labute approximate surface area is 153 Å². The van der Waals surface area contributed by atoms with E-state index >= 15 is 0 Å². The maximum absolute atomic E-state index is 12.7. The zero-order valence-corrected chi connectivity index (χ0v) is 15.6. The number of carbonyl (C=O) groups is 1. The van der Waals surface area contributed by atoms with E-state index in [2.05, 4.69) is 30.1 Å². The lowest BCUT2D eigenvalue weighted by Gasteiger charge is -2.32. The Hall–Kier alpha value is -1.59. The molecule has 0 atom stereocenters. The number of hydrogen-bond acceptors (Lipinski definition) is 4. The Morgan fingerprint density at radius 3 is 2.72 bits per heavy atom. The summed E-state index contributed by atoms with van der Waals surface area (Å²) in [7, 11) is 2.12. The Bertz CT molecular complexity index is 784. The second-order valence-corrected chi connectivity index (χ2v) is 8.05. The summed E-state index contributed by atoms with van der Waals surface area (Å²) in [6.07, 6.45) is 4.62. The fraction of sp³-hybridized carbons (Fsp3) is 0.500. The lowest BCUT2D eigenvalue weighted by atomic mass is 9.94. The number of benzene rings is 1. The van der Waals surface area contributed by atoms with Crippen LogP contribution in [-0.2, 0) is 17.6 Å². The van der Waals surface area contributed by atoms with Crippen molar-refractivity contribution in [3.8, 4) is 0 Å². The molecule has 2 aromatic rings. The van der Waals surface area contributed by atoms with Crippen LogP contribution < -0.4 is 0 Å². The van der Waals surface area contributed by atoms with E-state index in [-0.39, 0.29) is 5.91 Å². The highest BCUT2D eigenvalue weighted by molar-refractivity contribution is 8.00. The highest BCUT2D eigenvalue weighted by atomic mass is 32.2. The first-order valence-electron chi connectivity index (χ1n) is 9.22. The van der Waals surface area contributed by atoms with Crippen LogP contribution >= 0.6 is 11.8 Å². The molecule has 1 aliphatic carbocycles. The number of para-hydroxylation sites is 1. The van der Waals surface area contributed by atoms with Gasteiger partial charge in [-0.2, -0.15) is 0 Å². The molecule has 5 heteroatoms. The summed E-state index contributed by atoms with van der Waals surface area (Å²) >= 11 is 1.72. The maximum Gasteiger partial charge on any atom is 0.233 e. The minimum Gasteiger partial charge on any atom is -0.339 e. The second kappa shape index (κ2) is 7.34. The van der Waals surface area contributed by atoms with Crippen molar-refractivity contribution in [3.63, 3.8) is 0 Å². The van der Waals surface area contributed by atoms with Gasteiger partial charge in [-0.25, -0.2) is 0 Å². The van der Waals surface area contributed by atoms with Crippen LogP contribution in [0, 0.1) is 0 Å². The smallest absolute Gasteiger partial charge is 0.233 e. The molecule has 0 saturated carbocycles. The number of rotatable bonds is 3. The molecular formula is C20H25N3OS. The van der Waals surface area contributed by atoms with E-state index in [1.165, 1.54) is 34.4 Å². The van der Waals surface area contributed by atoms with Crippen LogP contribution in [0.2, 0.25) is 0 Å². The monoisotopic (exact) mass is 355 g/mol. The van der Waals surface area contributed by atoms with Gasteiger partial charge in [0.1, 0.15) is 0 Å². The van der Waals surface area contributed by atoms with Gasteiger partial charge in [0.2, 0.25) is 5.91 Å². The third kappa shape index (κ3) is 3.53. The third-order valence-electron chi connectivity index (χ3n) is 5.31. The van der Waals surface area contributed by atoms with Gasteiger partial charge < -0.3 is 9.80 Å². The molecule has 0 radical (unpaired) electrons. The Balaban J connectivity index is 1.57. The molecule has 0 unspecified atom stereocenters. The highest BCUT2D eigenvalue weighted by Gasteiger charge is 2.22. The van der Waals surface area contributed by atoms with Gasteiger partial charge in [0.25, 0.3) is 0 Å². The van der Waals surface area contributed by atoms with Gasteiger partial charge in [-0.3, -0.25) is 9.78 Å². The van der Waals surface area contributed by atoms with Crippen molar-refractivity contribution in [1.29, 1.82) is 0 Å². The van der Waals surface area contributed by atoms with Crippen molar-refractivity contribution in [2.75, 3.05) is 39.0 Å². The molecule has 4 rings (SSSR count). The van der Waals surface area contributed by atoms with Crippen molar-refractivity contribution >= 4 is 28.6 Å². The number of nitrogens with zero attached hydrogens (tertiary/aromatic N) is 3. The largest absolute Gasteiger partial charge is 0.339 e. The molecule has 1 fully saturated rings. The average Bonchev–Trinajstić information content (AvgIpc) is 2.65. The van der Waals surface area contributed by atoms with E-state index < -0.39 is 0 Å². The summed E-state index contributed by atoms with van der Waals surface area (Å²) in [5.74, 6) is 0.799. The molecule has 2 heterocycles. The molecule has 132 valence electrons. The first-order chi connectivity index (χ1) is 12.2. The molecule has 0 bridgehead atoms. The standard InChI is InChI=1S/C20H25N3OS/c1-22-10-12-23(13-11-22)19(24)14-25-20-15-6-2-4-8-17(15)21-18-9-5-3-7-16(18)20/h2,4,6,8H,3,5,7,9-14H2,1H3. The lowest BCUT2D eigenvalue weighted by Crippen LogP contribution is -2.47. The van der Waals surface area contributed by atoms with E-state index in [0.29, 0.717) is 5.75 Å². The first-order valence-corrected chi connectivity index (χ1v) is 10.2. The van der Waals surface area contributed by atoms with E-state index in [1.807, 2.05) is 11.0 Å². The zero-order valence-electron chi connectivity index (χ0n) is 14.8. The topological polar surface area (TPSA) is 36.4 Å². The Kier molecular flexibility index (Phi) is 4.95. The molecule has 1 aliphatic heterocycles. The number of aromatic nitrogens is 1. The summed E-state index contributed by atoms with van der Waals surface area (Å²) in [5.41, 5.74) is 3.71. The van der Waals surface area contributed by atoms with Crippen molar-refractivity contribution in [3.05, 3.63) is 35.5 Å². The predicted octanol–water partition coefficient (Wildman–Crippen LogP) is 2.98. The third-order valence-corrected chi connectivity index (χ3v) is 6.46. The molecule has 0 N–H and O–H groups in total. The normalized spacial score (nSPS) is 18.4. The van der Waals surface area contributed by atoms with Crippen LogP contribution in [0.25, 0.3) is 10.9 Å². The summed E-state index contributed by atoms with van der Waals surface area (Å²) in [4.78, 5) is 23.1. The van der Waals surface area contributed by atoms with Crippen molar-refractivity contribution in [2.45, 2.75) is 30.6 Å². The van der Waals surface area contributed by atoms with Crippen LogP contribution in [0.5, 0.6) is 0 Å². The Morgan fingerprint density at radius 2 is 1.88 bits per heavy atom. The van der Waals surface area contributed by atoms with Crippen molar-refractivity contribution in [2.24, 2.45) is 0 Å². The fourth-order valence-corrected chi connectivity index (χ4v) is 4.95. The van der Waals surface area contributed by atoms with E-state index in [1.54, 1.807) is 11.8 Å². The van der Waals surface area contributed by atoms with E-state index in [9.17, 15) is 4.79 Å². The van der Waals surface area contributed by atoms with Gasteiger partial charge in [-0.05, 0) is 44.4 Å². The number of pyridine rings is 1. The summed E-state index contributed by atoms with van der Waals surface area (Å²) in [6.45, 7) is 3.66. The highest BCUT2D eigenvalue weighted by Crippen LogP contribution is 2.36. The second-order valence-electron chi connectivity index (χ2n) is 7.06. The molecule has 25 heavy (non-hydrogen) atoms. The first kappa shape index (κ1) is 16.9. The summed E-state index contributed by atoms with van der Waals surface area (Å²) in [5, 5.41) is 1.21. The van der Waals surface area contributed by atoms with Crippen LogP contribution in [0.3, 0.4) is 0 Å². The maximum atomic E-state index is 12.7. The minimum atomic E-state index is 0.267. The van der Waals surface area contributed by atoms with Gasteiger partial charge in [0.15, 0.2) is 0 Å². The number of fused-ring (bicyclic) bond motifs is 2. The van der Waals surface area contributed by atoms with Gasteiger partial charge in [-0.15, -0.1) is 11.8 Å². The number of hydrogen-bond donors (Lipinski definition) is 0. The van der Waals surface area contributed by atoms with Crippen molar-refractivity contribution in [1.82, 2.24) is 14.8 Å². The van der Waals surface area contributed by atoms with Crippen LogP contribution in [0.1, 0.15) is 24.1 Å². The number of thioether (sulfide) groups is 1. The molecule has 0 spiro atoms. The van der Waals surface area contributed by atoms with Gasteiger partial charge in [0.05, 0.1) is 11.3 Å². The minimum absolute atomic E-state index is 0.267. The number of carbonyl (C=O) groups excluding carboxylic acids is 1. The van der Waals surface area contributed by atoms with Crippen LogP contribution in [0.4, 0.5) is 0 Å². The van der Waals surface area contributed by atoms with Crippen LogP contribution in [0.15, 0.2) is 29.2 Å². The molecule has 1 saturated heterocycles. The van der Waals surface area contributed by atoms with Crippen molar-refractivity contribution < 1.29 is 4.79 Å². The molecule has 1 aromatic heterocycles. The molecule has 2 aliphatic rings. The van der Waals surface area contributed by atoms with Gasteiger partial charge >= 0.3 is 0 Å². The van der Waals surface area contributed by atoms with Crippen LogP contribution in [-0.4, -0.2) is 59.7 Å². The summed E-state index contributed by atoms with van der Waals surface area (Å²) in [6, 6.07) is 8.37. The summed E-state index contributed by atoms with van der Waals surface area (Å²) < 4.78 is 0. The fourth-order valence-electron chi connectivity index (χ4n) is 3.77. The lowest BCUT2D eigenvalue weighted by molar-refractivity contribution is -0.129. The zero-order chi connectivity index (χ0) is 17.2. The van der Waals surface area contributed by atoms with Gasteiger partial charge in [0, 0.05) is 42.2 Å². The van der Waals surface area contributed by atoms with E-state index in [0.717, 1.165) is 44.5 Å². The predicted molar refractivity (Wildman–Crippen MR) is 103 cm³/mol. The molecule has 1 aromatic carbocycles. The number of piperazine rings is 1.